The summed E-state index contributed by atoms with van der Waals surface area (Å²) in [4.78, 5) is 34.5. The average molecular weight is 821 g/mol. The molecule has 0 spiro atoms. The van der Waals surface area contributed by atoms with Gasteiger partial charge in [0.2, 0.25) is 0 Å². The monoisotopic (exact) mass is 819 g/mol. The van der Waals surface area contributed by atoms with Gasteiger partial charge in [0.1, 0.15) is 0 Å². The van der Waals surface area contributed by atoms with E-state index in [2.05, 4.69) is 90.3 Å². The molecule has 4 aromatic carbocycles. The van der Waals surface area contributed by atoms with Crippen LogP contribution < -0.4 is 15.3 Å². The summed E-state index contributed by atoms with van der Waals surface area (Å²) in [6.07, 6.45) is 11.8. The third-order valence-electron chi connectivity index (χ3n) is 10.6. The molecule has 7 aromatic rings. The van der Waals surface area contributed by atoms with Crippen LogP contribution in [-0.4, -0.2) is 34.1 Å². The number of carbonyl (C=O) groups is 1. The largest absolute Gasteiger partial charge is 2.00 e. The van der Waals surface area contributed by atoms with E-state index in [4.69, 9.17) is 25.0 Å². The van der Waals surface area contributed by atoms with Gasteiger partial charge in [0.05, 0.1) is 22.8 Å². The molecule has 2 N–H and O–H groups in total. The Balaban J connectivity index is 0.00000484. The number of unbranched alkanes of at least 4 members (excludes halogenated alkanes) is 3. The zero-order valence-corrected chi connectivity index (χ0v) is 35.6. The number of aliphatic hydroxyl groups is 1. The van der Waals surface area contributed by atoms with Gasteiger partial charge in [0.25, 0.3) is 5.91 Å². The van der Waals surface area contributed by atoms with E-state index in [1.54, 1.807) is 0 Å². The van der Waals surface area contributed by atoms with Crippen molar-refractivity contribution in [3.05, 3.63) is 168 Å². The number of aromatic nitrogens is 4. The molecule has 2 aliphatic heterocycles. The molecule has 7 nitrogen and oxygen atoms in total. The van der Waals surface area contributed by atoms with Gasteiger partial charge >= 0.3 is 19.5 Å². The zero-order chi connectivity index (χ0) is 39.3. The Morgan fingerprint density at radius 1 is 0.458 bits per heavy atom. The summed E-state index contributed by atoms with van der Waals surface area (Å²) in [7, 11) is 0. The van der Waals surface area contributed by atoms with Crippen LogP contribution in [0.25, 0.3) is 90.9 Å². The van der Waals surface area contributed by atoms with Gasteiger partial charge in [-0.15, -0.1) is 22.1 Å². The summed E-state index contributed by atoms with van der Waals surface area (Å²) in [5, 5.41) is 12.1. The standard InChI is InChI=1S/C51H42N5O2.Zn/c57-33-13-2-1-12-32-52-51(58)38-22-20-37(21-23-38)50-45-30-28-43(55-45)48(35-16-8-4-9-17-35)41-26-24-39(53-41)47(34-14-6-3-7-15-34)40-25-27-42(54-40)49(36-18-10-5-11-19-36)44-29-31-46(50)56-44;/h3-11,14-31,57H,1-2,12-13,32-33H2,(H2-,52,53,54,55,56,58);/q-1;+2/p-1. The smallest absolute Gasteiger partial charge is 0.657 e. The van der Waals surface area contributed by atoms with E-state index in [1.165, 1.54) is 0 Å². The fourth-order valence-corrected chi connectivity index (χ4v) is 7.77. The number of aliphatic hydroxyl groups excluding tert-OH is 1. The van der Waals surface area contributed by atoms with E-state index in [-0.39, 0.29) is 32.0 Å². The maximum Gasteiger partial charge on any atom is 2.00 e. The Kier molecular flexibility index (Phi) is 12.0. The number of amides is 1. The van der Waals surface area contributed by atoms with Gasteiger partial charge in [-0.05, 0) is 93.8 Å². The van der Waals surface area contributed by atoms with Crippen LogP contribution >= 0.6 is 0 Å². The summed E-state index contributed by atoms with van der Waals surface area (Å²) in [5.41, 5.74) is 14.6. The third-order valence-corrected chi connectivity index (χ3v) is 10.6. The molecule has 8 heteroatoms. The molecule has 0 aliphatic carbocycles. The van der Waals surface area contributed by atoms with Crippen LogP contribution in [0.1, 0.15) is 58.8 Å². The van der Waals surface area contributed by atoms with E-state index in [1.807, 2.05) is 78.9 Å². The molecule has 3 aromatic heterocycles. The molecule has 2 aliphatic rings. The van der Waals surface area contributed by atoms with E-state index in [0.29, 0.717) is 12.1 Å². The maximum atomic E-state index is 13.1. The van der Waals surface area contributed by atoms with Crippen molar-refractivity contribution in [1.29, 1.82) is 0 Å². The van der Waals surface area contributed by atoms with Crippen LogP contribution in [0.4, 0.5) is 0 Å². The molecular formula is C51H41N5O2Zn. The van der Waals surface area contributed by atoms with E-state index in [9.17, 15) is 4.79 Å². The predicted octanol–water partition coefficient (Wildman–Crippen LogP) is 10.9. The summed E-state index contributed by atoms with van der Waals surface area (Å²) < 4.78 is 0. The Morgan fingerprint density at radius 2 is 0.814 bits per heavy atom. The maximum absolute atomic E-state index is 13.1. The fraction of sp³-hybridized carbons (Fsp3) is 0.118. The molecule has 0 atom stereocenters. The fourth-order valence-electron chi connectivity index (χ4n) is 7.77. The van der Waals surface area contributed by atoms with Gasteiger partial charge in [-0.2, -0.15) is 0 Å². The first-order chi connectivity index (χ1) is 28.6. The molecule has 0 fully saturated rings. The van der Waals surface area contributed by atoms with E-state index in [0.717, 1.165) is 115 Å². The summed E-state index contributed by atoms with van der Waals surface area (Å²) >= 11 is 0. The number of carbonyl (C=O) groups excluding carboxylic acids is 1. The number of benzene rings is 4. The molecule has 0 saturated heterocycles. The van der Waals surface area contributed by atoms with E-state index < -0.39 is 0 Å². The SMILES string of the molecule is O=C(NCCCCCCO)c1ccc(-c2c3nc(c(-c4ccccc4)c4ccc([n-]4)c(-c4ccccc4)c4nc(c(-c5ccccc5)c5ccc2[n-]5)C=C4)C=C3)cc1.[Zn+2]. The Hall–Kier alpha value is -6.47. The number of nitrogens with one attached hydrogen (secondary N) is 1. The van der Waals surface area contributed by atoms with Crippen molar-refractivity contribution in [1.82, 2.24) is 25.3 Å². The van der Waals surface area contributed by atoms with Gasteiger partial charge in [-0.3, -0.25) is 4.79 Å². The minimum absolute atomic E-state index is 0. The topological polar surface area (TPSA) is 103 Å². The average Bonchev–Trinajstić information content (AvgIpc) is 4.12. The van der Waals surface area contributed by atoms with Crippen LogP contribution in [0, 0.1) is 0 Å². The second kappa shape index (κ2) is 18.0. The first kappa shape index (κ1) is 39.4. The molecule has 284 valence electrons. The van der Waals surface area contributed by atoms with Crippen LogP contribution in [0.15, 0.2) is 140 Å². The van der Waals surface area contributed by atoms with Gasteiger partial charge in [-0.1, -0.05) is 140 Å². The molecule has 9 rings (SSSR count). The van der Waals surface area contributed by atoms with Crippen molar-refractivity contribution >= 4 is 52.3 Å². The Labute approximate surface area is 356 Å². The van der Waals surface area contributed by atoms with Crippen molar-refractivity contribution in [2.75, 3.05) is 13.2 Å². The zero-order valence-electron chi connectivity index (χ0n) is 32.7. The van der Waals surface area contributed by atoms with Crippen molar-refractivity contribution in [3.63, 3.8) is 0 Å². The van der Waals surface area contributed by atoms with Crippen LogP contribution in [0.3, 0.4) is 0 Å². The van der Waals surface area contributed by atoms with Crippen LogP contribution in [-0.2, 0) is 19.5 Å². The number of hydrogen-bond acceptors (Lipinski definition) is 4. The Morgan fingerprint density at radius 3 is 1.19 bits per heavy atom. The van der Waals surface area contributed by atoms with Crippen molar-refractivity contribution < 1.29 is 29.4 Å². The number of hydrogen-bond donors (Lipinski definition) is 2. The number of nitrogens with zero attached hydrogens (tertiary/aromatic N) is 4. The molecular weight excluding hydrogens is 780 g/mol. The molecule has 0 unspecified atom stereocenters. The minimum Gasteiger partial charge on any atom is -0.657 e. The van der Waals surface area contributed by atoms with Gasteiger partial charge in [0.15, 0.2) is 0 Å². The number of fused-ring (bicyclic) bond motifs is 8. The summed E-state index contributed by atoms with van der Waals surface area (Å²) in [5.74, 6) is -0.112. The van der Waals surface area contributed by atoms with Gasteiger partial charge < -0.3 is 20.4 Å². The van der Waals surface area contributed by atoms with Crippen molar-refractivity contribution in [2.24, 2.45) is 0 Å². The predicted molar refractivity (Wildman–Crippen MR) is 236 cm³/mol. The van der Waals surface area contributed by atoms with Crippen molar-refractivity contribution in [2.45, 2.75) is 25.7 Å². The van der Waals surface area contributed by atoms with Crippen LogP contribution in [0.5, 0.6) is 0 Å². The van der Waals surface area contributed by atoms with Gasteiger partial charge in [-0.25, -0.2) is 9.97 Å². The van der Waals surface area contributed by atoms with Gasteiger partial charge in [0, 0.05) is 18.7 Å². The number of rotatable bonds is 11. The minimum atomic E-state index is -0.112. The third kappa shape index (κ3) is 8.29. The molecule has 1 amide bonds. The molecule has 59 heavy (non-hydrogen) atoms. The molecule has 0 radical (unpaired) electrons. The second-order valence-corrected chi connectivity index (χ2v) is 14.4. The van der Waals surface area contributed by atoms with Crippen LogP contribution in [0.2, 0.25) is 0 Å². The second-order valence-electron chi connectivity index (χ2n) is 14.4. The normalized spacial score (nSPS) is 11.7. The quantitative estimate of drug-likeness (QED) is 0.0995. The Bertz CT molecular complexity index is 2790. The first-order valence-corrected chi connectivity index (χ1v) is 19.9. The molecule has 5 heterocycles. The summed E-state index contributed by atoms with van der Waals surface area (Å²) in [6, 6.07) is 46.8. The van der Waals surface area contributed by atoms with E-state index >= 15 is 0 Å². The molecule has 0 saturated carbocycles. The first-order valence-electron chi connectivity index (χ1n) is 19.9. The van der Waals surface area contributed by atoms with Crippen molar-refractivity contribution in [3.8, 4) is 44.5 Å². The summed E-state index contributed by atoms with van der Waals surface area (Å²) in [6.45, 7) is 0.794. The molecule has 8 bridgehead atoms.